The van der Waals surface area contributed by atoms with Gasteiger partial charge in [-0.2, -0.15) is 0 Å². The van der Waals surface area contributed by atoms with Crippen LogP contribution in [-0.4, -0.2) is 17.3 Å². The smallest absolute Gasteiger partial charge is 0.0675 e. The van der Waals surface area contributed by atoms with Gasteiger partial charge in [0.05, 0.1) is 5.88 Å². The Morgan fingerprint density at radius 2 is 2.62 bits per heavy atom. The lowest BCUT2D eigenvalue weighted by atomic mass is 10.5. The molecule has 0 saturated carbocycles. The van der Waals surface area contributed by atoms with Crippen LogP contribution in [0.3, 0.4) is 0 Å². The molecule has 0 N–H and O–H groups in total. The Morgan fingerprint density at radius 1 is 1.75 bits per heavy atom. The summed E-state index contributed by atoms with van der Waals surface area (Å²) < 4.78 is 0. The largest absolute Gasteiger partial charge is 0.367 e. The van der Waals surface area contributed by atoms with Gasteiger partial charge >= 0.3 is 0 Å². The van der Waals surface area contributed by atoms with Gasteiger partial charge in [0.25, 0.3) is 0 Å². The van der Waals surface area contributed by atoms with Crippen LogP contribution in [-0.2, 0) is 0 Å². The van der Waals surface area contributed by atoms with E-state index in [2.05, 4.69) is 23.4 Å². The highest BCUT2D eigenvalue weighted by molar-refractivity contribution is 8.02. The second-order valence-corrected chi connectivity index (χ2v) is 2.61. The third-order valence-corrected chi connectivity index (χ3v) is 1.85. The van der Waals surface area contributed by atoms with Gasteiger partial charge in [-0.15, -0.1) is 11.8 Å². The van der Waals surface area contributed by atoms with Crippen molar-refractivity contribution in [2.45, 2.75) is 6.42 Å². The monoisotopic (exact) mass is 128 g/mol. The van der Waals surface area contributed by atoms with E-state index in [0.717, 1.165) is 18.8 Å². The molecule has 0 unspecified atom stereocenters. The highest BCUT2D eigenvalue weighted by Crippen LogP contribution is 2.14. The van der Waals surface area contributed by atoms with Gasteiger partial charge in [0.2, 0.25) is 0 Å². The topological polar surface area (TPSA) is 3.24 Å². The van der Waals surface area contributed by atoms with Gasteiger partial charge in [-0.25, -0.2) is 0 Å². The van der Waals surface area contributed by atoms with Crippen LogP contribution < -0.4 is 0 Å². The summed E-state index contributed by atoms with van der Waals surface area (Å²) in [6.45, 7) is 4.87. The molecule has 1 aliphatic rings. The molecule has 0 fully saturated rings. The van der Waals surface area contributed by atoms with Crippen molar-refractivity contribution in [3.05, 3.63) is 18.5 Å². The predicted molar refractivity (Wildman–Crippen MR) is 38.3 cm³/mol. The Kier molecular flexibility index (Phi) is 2.27. The minimum atomic E-state index is 1.00. The Labute approximate surface area is 54.8 Å². The third kappa shape index (κ3) is 1.44. The summed E-state index contributed by atoms with van der Waals surface area (Å²) in [5.41, 5.74) is 0. The summed E-state index contributed by atoms with van der Waals surface area (Å²) in [6, 6.07) is 0. The van der Waals surface area contributed by atoms with Crippen LogP contribution in [0.2, 0.25) is 0 Å². The molecule has 0 aromatic rings. The Morgan fingerprint density at radius 3 is 3.12 bits per heavy atom. The van der Waals surface area contributed by atoms with Crippen LogP contribution >= 0.6 is 11.8 Å². The van der Waals surface area contributed by atoms with Gasteiger partial charge in [0.1, 0.15) is 0 Å². The van der Waals surface area contributed by atoms with Crippen molar-refractivity contribution in [1.82, 2.24) is 4.90 Å². The molecule has 1 heterocycles. The molecular formula is C6H10NS. The summed E-state index contributed by atoms with van der Waals surface area (Å²) in [6.07, 6.45) is 3.13. The average molecular weight is 128 g/mol. The van der Waals surface area contributed by atoms with Crippen LogP contribution in [0, 0.1) is 6.92 Å². The van der Waals surface area contributed by atoms with Gasteiger partial charge in [-0.05, 0) is 11.8 Å². The van der Waals surface area contributed by atoms with Crippen LogP contribution in [0.1, 0.15) is 6.42 Å². The summed E-state index contributed by atoms with van der Waals surface area (Å²) in [7, 11) is 0. The molecule has 0 saturated heterocycles. The summed E-state index contributed by atoms with van der Waals surface area (Å²) in [4.78, 5) is 2.26. The first-order chi connectivity index (χ1) is 3.93. The lowest BCUT2D eigenvalue weighted by molar-refractivity contribution is 0.454. The van der Waals surface area contributed by atoms with Gasteiger partial charge in [0, 0.05) is 12.7 Å². The predicted octanol–water partition coefficient (Wildman–Crippen LogP) is 1.69. The lowest BCUT2D eigenvalue weighted by Gasteiger charge is -2.11. The van der Waals surface area contributed by atoms with Crippen LogP contribution in [0.5, 0.6) is 0 Å². The molecule has 1 rings (SSSR count). The van der Waals surface area contributed by atoms with E-state index in [9.17, 15) is 0 Å². The van der Waals surface area contributed by atoms with Gasteiger partial charge < -0.3 is 4.90 Å². The van der Waals surface area contributed by atoms with E-state index in [1.54, 1.807) is 0 Å². The number of nitrogens with zero attached hydrogens (tertiary/aromatic N) is 1. The molecule has 0 bridgehead atoms. The number of hydrogen-bond donors (Lipinski definition) is 0. The van der Waals surface area contributed by atoms with E-state index in [0.29, 0.717) is 0 Å². The van der Waals surface area contributed by atoms with Crippen LogP contribution in [0.15, 0.2) is 11.6 Å². The van der Waals surface area contributed by atoms with Gasteiger partial charge in [0.15, 0.2) is 0 Å². The van der Waals surface area contributed by atoms with Crippen molar-refractivity contribution in [1.29, 1.82) is 0 Å². The lowest BCUT2D eigenvalue weighted by Crippen LogP contribution is -2.13. The number of rotatable bonds is 2. The number of hydrogen-bond acceptors (Lipinski definition) is 2. The molecule has 0 aliphatic carbocycles. The van der Waals surface area contributed by atoms with E-state index in [-0.39, 0.29) is 0 Å². The fourth-order valence-corrected chi connectivity index (χ4v) is 1.40. The molecule has 0 spiro atoms. The van der Waals surface area contributed by atoms with Gasteiger partial charge in [-0.3, -0.25) is 0 Å². The first kappa shape index (κ1) is 6.02. The molecule has 0 aromatic carbocycles. The standard InChI is InChI=1S/C6H10NS/c1-2-3-7-4-5-8-6-7/h4-5H,1-3,6H2. The maximum Gasteiger partial charge on any atom is 0.0675 e. The van der Waals surface area contributed by atoms with E-state index in [1.165, 1.54) is 0 Å². The summed E-state index contributed by atoms with van der Waals surface area (Å²) >= 11 is 1.84. The molecule has 0 atom stereocenters. The highest BCUT2D eigenvalue weighted by Gasteiger charge is 2.00. The first-order valence-electron chi connectivity index (χ1n) is 2.75. The third-order valence-electron chi connectivity index (χ3n) is 1.05. The second-order valence-electron chi connectivity index (χ2n) is 1.75. The quantitative estimate of drug-likeness (QED) is 0.556. The van der Waals surface area contributed by atoms with Crippen LogP contribution in [0.25, 0.3) is 0 Å². The van der Waals surface area contributed by atoms with Crippen molar-refractivity contribution in [3.8, 4) is 0 Å². The summed E-state index contributed by atoms with van der Waals surface area (Å²) in [5.74, 6) is 1.12. The van der Waals surface area contributed by atoms with Gasteiger partial charge in [-0.1, -0.05) is 6.92 Å². The number of thioether (sulfide) groups is 1. The average Bonchev–Trinajstić information content (AvgIpc) is 2.19. The van der Waals surface area contributed by atoms with Crippen molar-refractivity contribution in [2.24, 2.45) is 0 Å². The second kappa shape index (κ2) is 3.02. The molecule has 2 heteroatoms. The molecule has 1 aliphatic heterocycles. The fourth-order valence-electron chi connectivity index (χ4n) is 0.653. The normalized spacial score (nSPS) is 17.9. The van der Waals surface area contributed by atoms with Crippen molar-refractivity contribution >= 4 is 11.8 Å². The Bertz CT molecular complexity index is 90.5. The maximum absolute atomic E-state index is 3.76. The van der Waals surface area contributed by atoms with Crippen molar-refractivity contribution in [3.63, 3.8) is 0 Å². The molecule has 1 nitrogen and oxygen atoms in total. The molecule has 0 aromatic heterocycles. The molecule has 1 radical (unpaired) electrons. The first-order valence-corrected chi connectivity index (χ1v) is 3.80. The fraction of sp³-hybridized carbons (Fsp3) is 0.500. The van der Waals surface area contributed by atoms with E-state index < -0.39 is 0 Å². The van der Waals surface area contributed by atoms with E-state index in [4.69, 9.17) is 0 Å². The van der Waals surface area contributed by atoms with Crippen LogP contribution in [0.4, 0.5) is 0 Å². The Balaban J connectivity index is 2.16. The minimum Gasteiger partial charge on any atom is -0.367 e. The molecule has 0 amide bonds. The SMILES string of the molecule is [CH2]CCN1C=CSC1. The summed E-state index contributed by atoms with van der Waals surface area (Å²) in [5, 5.41) is 2.12. The molecule has 45 valence electrons. The molecular weight excluding hydrogens is 118 g/mol. The zero-order valence-electron chi connectivity index (χ0n) is 4.84. The van der Waals surface area contributed by atoms with Crippen molar-refractivity contribution < 1.29 is 0 Å². The minimum absolute atomic E-state index is 1.00. The van der Waals surface area contributed by atoms with E-state index in [1.807, 2.05) is 11.8 Å². The zero-order chi connectivity index (χ0) is 5.82. The Hall–Kier alpha value is -0.110. The maximum atomic E-state index is 3.76. The molecule has 8 heavy (non-hydrogen) atoms. The van der Waals surface area contributed by atoms with Crippen molar-refractivity contribution in [2.75, 3.05) is 12.4 Å². The highest BCUT2D eigenvalue weighted by atomic mass is 32.2. The zero-order valence-corrected chi connectivity index (χ0v) is 5.66. The van der Waals surface area contributed by atoms with E-state index >= 15 is 0 Å².